The molecule has 1 aliphatic carbocycles. The number of carbonyl (C=O) groups is 1. The van der Waals surface area contributed by atoms with Crippen LogP contribution in [0.1, 0.15) is 73.7 Å². The fourth-order valence-electron chi connectivity index (χ4n) is 5.89. The molecule has 4 heteroatoms. The number of benzene rings is 2. The van der Waals surface area contributed by atoms with Crippen LogP contribution in [0.3, 0.4) is 0 Å². The maximum atomic E-state index is 13.1. The summed E-state index contributed by atoms with van der Waals surface area (Å²) in [7, 11) is 0. The lowest BCUT2D eigenvalue weighted by atomic mass is 9.65. The smallest absolute Gasteiger partial charge is 0.162 e. The molecule has 1 aliphatic heterocycles. The van der Waals surface area contributed by atoms with E-state index in [1.807, 2.05) is 6.07 Å². The number of hydrogen-bond donors (Lipinski definition) is 1. The average molecular weight is 438 g/mol. The van der Waals surface area contributed by atoms with Gasteiger partial charge < -0.3 is 10.0 Å². The predicted molar refractivity (Wildman–Crippen MR) is 126 cm³/mol. The van der Waals surface area contributed by atoms with Gasteiger partial charge in [-0.3, -0.25) is 4.79 Å². The molecule has 0 radical (unpaired) electrons. The highest BCUT2D eigenvalue weighted by Gasteiger charge is 2.46. The Hall–Kier alpha value is -2.04. The van der Waals surface area contributed by atoms with E-state index in [-0.39, 0.29) is 17.5 Å². The summed E-state index contributed by atoms with van der Waals surface area (Å²) in [5, 5.41) is 12.1. The van der Waals surface area contributed by atoms with Gasteiger partial charge in [0.05, 0.1) is 5.60 Å². The number of aliphatic hydroxyl groups is 1. The van der Waals surface area contributed by atoms with Gasteiger partial charge in [0.15, 0.2) is 5.78 Å². The van der Waals surface area contributed by atoms with Crippen molar-refractivity contribution in [2.75, 3.05) is 19.6 Å². The Labute approximate surface area is 191 Å². The second-order valence-electron chi connectivity index (χ2n) is 9.68. The topological polar surface area (TPSA) is 40.5 Å². The standard InChI is InChI=1S/C28H36FNO2/c29-26-15-13-22(14-16-26)27(31)12-7-19-30-20-17-25(18-21-30)28(32,23-8-3-1-4-9-23)24-10-5-2-6-11-24/h1,3-4,8-9,13-16,24-25,32H,2,5-7,10-12,17-21H2. The van der Waals surface area contributed by atoms with Gasteiger partial charge in [-0.25, -0.2) is 4.39 Å². The van der Waals surface area contributed by atoms with Crippen molar-refractivity contribution in [3.05, 3.63) is 71.5 Å². The van der Waals surface area contributed by atoms with Crippen LogP contribution in [0.15, 0.2) is 54.6 Å². The Balaban J connectivity index is 1.32. The molecule has 1 heterocycles. The Kier molecular flexibility index (Phi) is 7.75. The number of nitrogens with zero attached hydrogens (tertiary/aromatic N) is 1. The summed E-state index contributed by atoms with van der Waals surface area (Å²) < 4.78 is 13.1. The molecule has 0 aromatic heterocycles. The molecule has 0 amide bonds. The second-order valence-corrected chi connectivity index (χ2v) is 9.68. The van der Waals surface area contributed by atoms with Crippen molar-refractivity contribution in [3.8, 4) is 0 Å². The van der Waals surface area contributed by atoms with Gasteiger partial charge in [0.1, 0.15) is 5.82 Å². The molecule has 1 atom stereocenters. The molecule has 32 heavy (non-hydrogen) atoms. The molecule has 1 unspecified atom stereocenters. The zero-order chi connectivity index (χ0) is 22.4. The Morgan fingerprint density at radius 3 is 2.19 bits per heavy atom. The van der Waals surface area contributed by atoms with E-state index in [9.17, 15) is 14.3 Å². The van der Waals surface area contributed by atoms with E-state index in [0.29, 0.717) is 17.9 Å². The maximum Gasteiger partial charge on any atom is 0.162 e. The van der Waals surface area contributed by atoms with E-state index in [2.05, 4.69) is 29.2 Å². The van der Waals surface area contributed by atoms with Crippen LogP contribution in [-0.4, -0.2) is 35.4 Å². The number of halogens is 1. The van der Waals surface area contributed by atoms with Crippen molar-refractivity contribution in [1.29, 1.82) is 0 Å². The lowest BCUT2D eigenvalue weighted by Crippen LogP contribution is -2.48. The predicted octanol–water partition coefficient (Wildman–Crippen LogP) is 5.97. The van der Waals surface area contributed by atoms with Crippen molar-refractivity contribution in [2.24, 2.45) is 11.8 Å². The summed E-state index contributed by atoms with van der Waals surface area (Å²) in [4.78, 5) is 14.8. The van der Waals surface area contributed by atoms with Gasteiger partial charge in [0, 0.05) is 12.0 Å². The highest BCUT2D eigenvalue weighted by Crippen LogP contribution is 2.47. The van der Waals surface area contributed by atoms with Gasteiger partial charge in [0.25, 0.3) is 0 Å². The molecule has 2 aromatic carbocycles. The fourth-order valence-corrected chi connectivity index (χ4v) is 5.89. The van der Waals surface area contributed by atoms with Crippen molar-refractivity contribution in [3.63, 3.8) is 0 Å². The normalized spacial score (nSPS) is 20.7. The number of Topliss-reactive ketones (excluding diaryl/α,β-unsaturated/α-hetero) is 1. The van der Waals surface area contributed by atoms with Gasteiger partial charge in [-0.15, -0.1) is 0 Å². The zero-order valence-corrected chi connectivity index (χ0v) is 19.0. The highest BCUT2D eigenvalue weighted by molar-refractivity contribution is 5.95. The van der Waals surface area contributed by atoms with Gasteiger partial charge in [-0.2, -0.15) is 0 Å². The van der Waals surface area contributed by atoms with E-state index in [1.54, 1.807) is 12.1 Å². The molecule has 2 fully saturated rings. The largest absolute Gasteiger partial charge is 0.385 e. The first-order valence-electron chi connectivity index (χ1n) is 12.4. The number of ketones is 1. The summed E-state index contributed by atoms with van der Waals surface area (Å²) >= 11 is 0. The monoisotopic (exact) mass is 437 g/mol. The minimum atomic E-state index is -0.730. The Morgan fingerprint density at radius 1 is 0.906 bits per heavy atom. The summed E-state index contributed by atoms with van der Waals surface area (Å²) in [5.41, 5.74) is 0.951. The molecule has 3 nitrogen and oxygen atoms in total. The van der Waals surface area contributed by atoms with Gasteiger partial charge in [-0.05, 0) is 93.4 Å². The molecule has 4 rings (SSSR count). The first-order valence-corrected chi connectivity index (χ1v) is 12.4. The van der Waals surface area contributed by atoms with Gasteiger partial charge in [-0.1, -0.05) is 49.6 Å². The third-order valence-corrected chi connectivity index (χ3v) is 7.72. The summed E-state index contributed by atoms with van der Waals surface area (Å²) in [6, 6.07) is 16.2. The van der Waals surface area contributed by atoms with Crippen LogP contribution in [0.2, 0.25) is 0 Å². The van der Waals surface area contributed by atoms with Crippen LogP contribution in [-0.2, 0) is 5.60 Å². The Bertz CT molecular complexity index is 855. The van der Waals surface area contributed by atoms with Crippen molar-refractivity contribution < 1.29 is 14.3 Å². The van der Waals surface area contributed by atoms with Gasteiger partial charge >= 0.3 is 0 Å². The van der Waals surface area contributed by atoms with Crippen molar-refractivity contribution in [1.82, 2.24) is 4.90 Å². The molecular weight excluding hydrogens is 401 g/mol. The number of carbonyl (C=O) groups excluding carboxylic acids is 1. The van der Waals surface area contributed by atoms with E-state index >= 15 is 0 Å². The van der Waals surface area contributed by atoms with Crippen LogP contribution in [0.25, 0.3) is 0 Å². The average Bonchev–Trinajstić information content (AvgIpc) is 2.85. The van der Waals surface area contributed by atoms with Crippen LogP contribution >= 0.6 is 0 Å². The highest BCUT2D eigenvalue weighted by atomic mass is 19.1. The maximum absolute atomic E-state index is 13.1. The first kappa shape index (κ1) is 23.1. The Morgan fingerprint density at radius 2 is 1.53 bits per heavy atom. The molecule has 2 aromatic rings. The molecule has 1 saturated heterocycles. The lowest BCUT2D eigenvalue weighted by Gasteiger charge is -2.47. The lowest BCUT2D eigenvalue weighted by molar-refractivity contribution is -0.105. The quantitative estimate of drug-likeness (QED) is 0.517. The number of piperidine rings is 1. The summed E-state index contributed by atoms with van der Waals surface area (Å²) in [6.07, 6.45) is 9.27. The summed E-state index contributed by atoms with van der Waals surface area (Å²) in [5.74, 6) is 0.400. The fraction of sp³-hybridized carbons (Fsp3) is 0.536. The molecule has 0 spiro atoms. The minimum absolute atomic E-state index is 0.0793. The van der Waals surface area contributed by atoms with Crippen LogP contribution in [0.4, 0.5) is 4.39 Å². The van der Waals surface area contributed by atoms with E-state index in [4.69, 9.17) is 0 Å². The minimum Gasteiger partial charge on any atom is -0.385 e. The molecule has 2 aliphatic rings. The van der Waals surface area contributed by atoms with Crippen molar-refractivity contribution >= 4 is 5.78 Å². The molecular formula is C28H36FNO2. The SMILES string of the molecule is O=C(CCCN1CCC(C(O)(c2ccccc2)C2CCCCC2)CC1)c1ccc(F)cc1. The van der Waals surface area contributed by atoms with E-state index < -0.39 is 5.60 Å². The first-order chi connectivity index (χ1) is 15.6. The number of rotatable bonds is 8. The molecule has 1 N–H and O–H groups in total. The molecule has 172 valence electrons. The second kappa shape index (κ2) is 10.7. The number of likely N-dealkylation sites (tertiary alicyclic amines) is 1. The van der Waals surface area contributed by atoms with Crippen LogP contribution in [0.5, 0.6) is 0 Å². The number of hydrogen-bond acceptors (Lipinski definition) is 3. The third kappa shape index (κ3) is 5.29. The van der Waals surface area contributed by atoms with E-state index in [0.717, 1.165) is 57.3 Å². The molecule has 0 bridgehead atoms. The third-order valence-electron chi connectivity index (χ3n) is 7.72. The van der Waals surface area contributed by atoms with Crippen molar-refractivity contribution in [2.45, 2.75) is 63.4 Å². The van der Waals surface area contributed by atoms with Crippen LogP contribution < -0.4 is 0 Å². The zero-order valence-electron chi connectivity index (χ0n) is 19.0. The molecule has 1 saturated carbocycles. The van der Waals surface area contributed by atoms with Gasteiger partial charge in [0.2, 0.25) is 0 Å². The summed E-state index contributed by atoms with van der Waals surface area (Å²) in [6.45, 7) is 2.83. The van der Waals surface area contributed by atoms with E-state index in [1.165, 1.54) is 31.4 Å². The van der Waals surface area contributed by atoms with Crippen LogP contribution in [0, 0.1) is 17.7 Å².